The number of Topliss-reactive ketones (excluding diaryl/α,β-unsaturated/α-hetero) is 1. The molecular weight excluding hydrogens is 379 g/mol. The van der Waals surface area contributed by atoms with Crippen LogP contribution in [0.4, 0.5) is 4.39 Å². The maximum absolute atomic E-state index is 13.3. The minimum atomic E-state index is -0.738. The minimum absolute atomic E-state index is 0.0332. The maximum Gasteiger partial charge on any atom is 0.306 e. The van der Waals surface area contributed by atoms with Gasteiger partial charge in [-0.2, -0.15) is 5.26 Å². The number of hydrogen-bond donors (Lipinski definition) is 1. The Morgan fingerprint density at radius 2 is 2.12 bits per heavy atom. The molecule has 0 aliphatic rings. The topological polar surface area (TPSA) is 79.2 Å². The molecule has 0 spiro atoms. The Morgan fingerprint density at radius 1 is 1.46 bits per heavy atom. The summed E-state index contributed by atoms with van der Waals surface area (Å²) >= 11 is 3.11. The Labute approximate surface area is 149 Å². The molecule has 0 saturated carbocycles. The number of esters is 1. The van der Waals surface area contributed by atoms with Crippen LogP contribution in [0.5, 0.6) is 0 Å². The predicted octanol–water partition coefficient (Wildman–Crippen LogP) is 3.12. The molecule has 0 aliphatic heterocycles. The van der Waals surface area contributed by atoms with Gasteiger partial charge in [-0.15, -0.1) is 0 Å². The zero-order valence-corrected chi connectivity index (χ0v) is 15.4. The van der Waals surface area contributed by atoms with Crippen molar-refractivity contribution in [2.24, 2.45) is 5.41 Å². The summed E-state index contributed by atoms with van der Waals surface area (Å²) in [5, 5.41) is 11.9. The number of benzene rings is 1. The molecular formula is C17H20BrFN2O3. The molecule has 1 aromatic carbocycles. The highest BCUT2D eigenvalue weighted by molar-refractivity contribution is 9.10. The van der Waals surface area contributed by atoms with Crippen molar-refractivity contribution in [2.45, 2.75) is 39.3 Å². The van der Waals surface area contributed by atoms with Crippen LogP contribution in [-0.4, -0.2) is 24.9 Å². The van der Waals surface area contributed by atoms with Gasteiger partial charge in [0.15, 0.2) is 5.78 Å². The van der Waals surface area contributed by atoms with Crippen molar-refractivity contribution < 1.29 is 18.7 Å². The van der Waals surface area contributed by atoms with Gasteiger partial charge in [0.2, 0.25) is 0 Å². The van der Waals surface area contributed by atoms with E-state index >= 15 is 0 Å². The summed E-state index contributed by atoms with van der Waals surface area (Å²) in [6, 6.07) is 5.67. The fourth-order valence-electron chi connectivity index (χ4n) is 2.42. The largest absolute Gasteiger partial charge is 0.469 e. The first kappa shape index (κ1) is 20.3. The van der Waals surface area contributed by atoms with Crippen LogP contribution in [0.2, 0.25) is 0 Å². The molecule has 1 N–H and O–H groups in total. The van der Waals surface area contributed by atoms with Crippen molar-refractivity contribution in [3.8, 4) is 6.07 Å². The Kier molecular flexibility index (Phi) is 7.52. The van der Waals surface area contributed by atoms with Gasteiger partial charge in [-0.1, -0.05) is 19.9 Å². The number of nitrogens with one attached hydrogen (secondary N) is 1. The molecule has 130 valence electrons. The minimum Gasteiger partial charge on any atom is -0.469 e. The molecule has 0 aliphatic carbocycles. The van der Waals surface area contributed by atoms with Gasteiger partial charge in [0.25, 0.3) is 0 Å². The van der Waals surface area contributed by atoms with Gasteiger partial charge in [0.05, 0.1) is 36.5 Å². The fourth-order valence-corrected chi connectivity index (χ4v) is 2.85. The molecule has 0 bridgehead atoms. The number of nitriles is 1. The number of nitrogens with zero attached hydrogens (tertiary/aromatic N) is 1. The molecule has 1 rings (SSSR count). The standard InChI is InChI=1S/C17H20BrFN2O3/c1-17(2,9-15(23)24-3)16(14(22)6-7-20)21-10-11-4-5-13(19)12(18)8-11/h4-5,8,16,21H,6,9-10H2,1-3H3. The second-order valence-corrected chi connectivity index (χ2v) is 6.96. The quantitative estimate of drug-likeness (QED) is 0.680. The Bertz CT molecular complexity index is 656. The van der Waals surface area contributed by atoms with E-state index in [4.69, 9.17) is 5.26 Å². The highest BCUT2D eigenvalue weighted by Gasteiger charge is 2.36. The number of carbonyl (C=O) groups excluding carboxylic acids is 2. The molecule has 1 aromatic rings. The SMILES string of the molecule is COC(=O)CC(C)(C)C(NCc1ccc(F)c(Br)c1)C(=O)CC#N. The van der Waals surface area contributed by atoms with Crippen molar-refractivity contribution in [3.05, 3.63) is 34.1 Å². The summed E-state index contributed by atoms with van der Waals surface area (Å²) in [6.07, 6.45) is -0.221. The van der Waals surface area contributed by atoms with Crippen LogP contribution in [0.25, 0.3) is 0 Å². The van der Waals surface area contributed by atoms with E-state index in [-0.39, 0.29) is 24.4 Å². The summed E-state index contributed by atoms with van der Waals surface area (Å²) in [5.74, 6) is -1.10. The third kappa shape index (κ3) is 5.69. The van der Waals surface area contributed by atoms with Gasteiger partial charge < -0.3 is 10.1 Å². The lowest BCUT2D eigenvalue weighted by Gasteiger charge is -2.33. The predicted molar refractivity (Wildman–Crippen MR) is 90.4 cm³/mol. The van der Waals surface area contributed by atoms with E-state index in [0.29, 0.717) is 11.0 Å². The van der Waals surface area contributed by atoms with E-state index in [1.807, 2.05) is 6.07 Å². The van der Waals surface area contributed by atoms with Crippen LogP contribution in [0.1, 0.15) is 32.3 Å². The van der Waals surface area contributed by atoms with E-state index in [2.05, 4.69) is 26.0 Å². The molecule has 0 heterocycles. The number of rotatable bonds is 8. The first-order valence-corrected chi connectivity index (χ1v) is 8.14. The molecule has 0 radical (unpaired) electrons. The summed E-state index contributed by atoms with van der Waals surface area (Å²) in [6.45, 7) is 3.82. The van der Waals surface area contributed by atoms with E-state index in [9.17, 15) is 14.0 Å². The second kappa shape index (κ2) is 8.90. The van der Waals surface area contributed by atoms with Crippen LogP contribution in [0, 0.1) is 22.6 Å². The first-order chi connectivity index (χ1) is 11.2. The van der Waals surface area contributed by atoms with E-state index in [0.717, 1.165) is 5.56 Å². The summed E-state index contributed by atoms with van der Waals surface area (Å²) in [4.78, 5) is 23.9. The van der Waals surface area contributed by atoms with Gasteiger partial charge in [-0.25, -0.2) is 4.39 Å². The van der Waals surface area contributed by atoms with Crippen molar-refractivity contribution in [1.29, 1.82) is 5.26 Å². The number of hydrogen-bond acceptors (Lipinski definition) is 5. The number of methoxy groups -OCH3 is 1. The van der Waals surface area contributed by atoms with Crippen LogP contribution in [0.15, 0.2) is 22.7 Å². The average Bonchev–Trinajstić information content (AvgIpc) is 2.50. The zero-order valence-electron chi connectivity index (χ0n) is 13.9. The lowest BCUT2D eigenvalue weighted by molar-refractivity contribution is -0.143. The lowest BCUT2D eigenvalue weighted by Crippen LogP contribution is -2.48. The van der Waals surface area contributed by atoms with E-state index < -0.39 is 17.4 Å². The van der Waals surface area contributed by atoms with Crippen LogP contribution >= 0.6 is 15.9 Å². The van der Waals surface area contributed by atoms with Crippen molar-refractivity contribution >= 4 is 27.7 Å². The average molecular weight is 399 g/mol. The summed E-state index contributed by atoms with van der Waals surface area (Å²) in [5.41, 5.74) is 0.0325. The molecule has 7 heteroatoms. The molecule has 0 aromatic heterocycles. The lowest BCUT2D eigenvalue weighted by atomic mass is 9.78. The Balaban J connectivity index is 2.93. The highest BCUT2D eigenvalue weighted by atomic mass is 79.9. The van der Waals surface area contributed by atoms with E-state index in [1.54, 1.807) is 26.0 Å². The normalized spacial score (nSPS) is 12.3. The molecule has 1 unspecified atom stereocenters. The van der Waals surface area contributed by atoms with Crippen LogP contribution < -0.4 is 5.32 Å². The van der Waals surface area contributed by atoms with Crippen molar-refractivity contribution in [1.82, 2.24) is 5.32 Å². The molecule has 0 saturated heterocycles. The molecule has 1 atom stereocenters. The highest BCUT2D eigenvalue weighted by Crippen LogP contribution is 2.28. The fraction of sp³-hybridized carbons (Fsp3) is 0.471. The van der Waals surface area contributed by atoms with Crippen LogP contribution in [-0.2, 0) is 20.9 Å². The summed E-state index contributed by atoms with van der Waals surface area (Å²) < 4.78 is 18.3. The monoisotopic (exact) mass is 398 g/mol. The number of carbonyl (C=O) groups is 2. The third-order valence-electron chi connectivity index (χ3n) is 3.68. The van der Waals surface area contributed by atoms with Crippen LogP contribution in [0.3, 0.4) is 0 Å². The number of ketones is 1. The van der Waals surface area contributed by atoms with Gasteiger partial charge in [-0.3, -0.25) is 9.59 Å². The number of halogens is 2. The van der Waals surface area contributed by atoms with Gasteiger partial charge in [0, 0.05) is 6.54 Å². The van der Waals surface area contributed by atoms with Crippen molar-refractivity contribution in [3.63, 3.8) is 0 Å². The smallest absolute Gasteiger partial charge is 0.306 e. The first-order valence-electron chi connectivity index (χ1n) is 7.35. The van der Waals surface area contributed by atoms with E-state index in [1.165, 1.54) is 13.2 Å². The maximum atomic E-state index is 13.3. The number of ether oxygens (including phenoxy) is 1. The molecule has 0 fully saturated rings. The Morgan fingerprint density at radius 3 is 2.67 bits per heavy atom. The van der Waals surface area contributed by atoms with Crippen molar-refractivity contribution in [2.75, 3.05) is 7.11 Å². The zero-order chi connectivity index (χ0) is 18.3. The van der Waals surface area contributed by atoms with Gasteiger partial charge in [0.1, 0.15) is 5.82 Å². The van der Waals surface area contributed by atoms with Gasteiger partial charge >= 0.3 is 5.97 Å². The molecule has 5 nitrogen and oxygen atoms in total. The third-order valence-corrected chi connectivity index (χ3v) is 4.29. The second-order valence-electron chi connectivity index (χ2n) is 6.11. The molecule has 24 heavy (non-hydrogen) atoms. The van der Waals surface area contributed by atoms with Gasteiger partial charge in [-0.05, 0) is 39.0 Å². The summed E-state index contributed by atoms with van der Waals surface area (Å²) in [7, 11) is 1.29. The Hall–Kier alpha value is -1.78. The molecule has 0 amide bonds.